The number of hydrogen-bond acceptors (Lipinski definition) is 2. The van der Waals surface area contributed by atoms with Gasteiger partial charge in [-0.1, -0.05) is 12.1 Å². The van der Waals surface area contributed by atoms with Crippen molar-refractivity contribution in [2.24, 2.45) is 0 Å². The Bertz CT molecular complexity index is 310. The smallest absolute Gasteiger partial charge is 0.123 e. The van der Waals surface area contributed by atoms with Gasteiger partial charge in [-0.05, 0) is 24.6 Å². The van der Waals surface area contributed by atoms with Crippen LogP contribution in [0.1, 0.15) is 12.5 Å². The number of halogens is 1. The fraction of sp³-hybridized carbons (Fsp3) is 0.500. The minimum absolute atomic E-state index is 0.160. The second kappa shape index (κ2) is 4.73. The lowest BCUT2D eigenvalue weighted by atomic mass is 10.1. The van der Waals surface area contributed by atoms with Crippen molar-refractivity contribution in [3.63, 3.8) is 0 Å². The van der Waals surface area contributed by atoms with Gasteiger partial charge in [0.2, 0.25) is 0 Å². The summed E-state index contributed by atoms with van der Waals surface area (Å²) in [5, 5.41) is 3.36. The van der Waals surface area contributed by atoms with Gasteiger partial charge in [-0.25, -0.2) is 4.39 Å². The number of hydrogen-bond donors (Lipinski definition) is 1. The normalized spacial score (nSPS) is 22.9. The van der Waals surface area contributed by atoms with Gasteiger partial charge in [0.1, 0.15) is 5.82 Å². The van der Waals surface area contributed by atoms with Crippen molar-refractivity contribution >= 4 is 0 Å². The van der Waals surface area contributed by atoms with E-state index < -0.39 is 0 Å². The number of benzene rings is 1. The Kier molecular flexibility index (Phi) is 3.34. The molecule has 0 radical (unpaired) electrons. The molecule has 1 aromatic carbocycles. The molecule has 82 valence electrons. The van der Waals surface area contributed by atoms with Crippen molar-refractivity contribution in [3.05, 3.63) is 35.6 Å². The van der Waals surface area contributed by atoms with Crippen LogP contribution in [-0.2, 0) is 6.54 Å². The quantitative estimate of drug-likeness (QED) is 0.794. The first kappa shape index (κ1) is 10.6. The minimum Gasteiger partial charge on any atom is -0.314 e. The molecule has 2 rings (SSSR count). The van der Waals surface area contributed by atoms with Crippen molar-refractivity contribution in [1.82, 2.24) is 10.2 Å². The van der Waals surface area contributed by atoms with Gasteiger partial charge < -0.3 is 5.32 Å². The van der Waals surface area contributed by atoms with Crippen LogP contribution in [0.15, 0.2) is 24.3 Å². The molecule has 0 saturated carbocycles. The molecule has 0 bridgehead atoms. The molecule has 0 aromatic heterocycles. The number of nitrogens with zero attached hydrogens (tertiary/aromatic N) is 1. The number of nitrogens with one attached hydrogen (secondary N) is 1. The number of rotatable bonds is 2. The lowest BCUT2D eigenvalue weighted by Crippen LogP contribution is -2.49. The molecular formula is C12H17FN2. The molecule has 1 atom stereocenters. The first-order valence-corrected chi connectivity index (χ1v) is 5.45. The summed E-state index contributed by atoms with van der Waals surface area (Å²) >= 11 is 0. The predicted molar refractivity (Wildman–Crippen MR) is 59.1 cm³/mol. The summed E-state index contributed by atoms with van der Waals surface area (Å²) in [5.41, 5.74) is 1.19. The standard InChI is InChI=1S/C12H17FN2/c1-10-8-14-6-7-15(10)9-11-2-4-12(13)5-3-11/h2-5,10,14H,6-9H2,1H3/t10-/m1/s1. The van der Waals surface area contributed by atoms with E-state index in [4.69, 9.17) is 0 Å². The van der Waals surface area contributed by atoms with Gasteiger partial charge in [-0.2, -0.15) is 0 Å². The van der Waals surface area contributed by atoms with E-state index in [1.807, 2.05) is 12.1 Å². The van der Waals surface area contributed by atoms with E-state index in [1.54, 1.807) is 0 Å². The molecular weight excluding hydrogens is 191 g/mol. The first-order valence-electron chi connectivity index (χ1n) is 5.45. The maximum absolute atomic E-state index is 12.7. The van der Waals surface area contributed by atoms with Crippen molar-refractivity contribution in [2.45, 2.75) is 19.5 Å². The Hall–Kier alpha value is -0.930. The first-order chi connectivity index (χ1) is 7.25. The van der Waals surface area contributed by atoms with Crippen LogP contribution in [0.3, 0.4) is 0 Å². The van der Waals surface area contributed by atoms with Crippen molar-refractivity contribution in [1.29, 1.82) is 0 Å². The van der Waals surface area contributed by atoms with Crippen molar-refractivity contribution in [2.75, 3.05) is 19.6 Å². The molecule has 0 aliphatic carbocycles. The molecule has 1 aliphatic heterocycles. The number of piperazine rings is 1. The predicted octanol–water partition coefficient (Wildman–Crippen LogP) is 1.62. The molecule has 3 heteroatoms. The average molecular weight is 208 g/mol. The molecule has 0 unspecified atom stereocenters. The summed E-state index contributed by atoms with van der Waals surface area (Å²) in [5.74, 6) is -0.160. The fourth-order valence-electron chi connectivity index (χ4n) is 1.94. The summed E-state index contributed by atoms with van der Waals surface area (Å²) < 4.78 is 12.7. The highest BCUT2D eigenvalue weighted by Crippen LogP contribution is 2.10. The van der Waals surface area contributed by atoms with Gasteiger partial charge in [0.05, 0.1) is 0 Å². The second-order valence-corrected chi connectivity index (χ2v) is 4.15. The van der Waals surface area contributed by atoms with Gasteiger partial charge in [0.25, 0.3) is 0 Å². The molecule has 1 N–H and O–H groups in total. The Balaban J connectivity index is 1.98. The van der Waals surface area contributed by atoms with Crippen LogP contribution >= 0.6 is 0 Å². The van der Waals surface area contributed by atoms with Crippen molar-refractivity contribution < 1.29 is 4.39 Å². The van der Waals surface area contributed by atoms with Crippen LogP contribution in [0.2, 0.25) is 0 Å². The van der Waals surface area contributed by atoms with Gasteiger partial charge in [0.15, 0.2) is 0 Å². The zero-order valence-electron chi connectivity index (χ0n) is 9.04. The molecule has 1 fully saturated rings. The molecule has 15 heavy (non-hydrogen) atoms. The summed E-state index contributed by atoms with van der Waals surface area (Å²) in [6.45, 7) is 6.30. The van der Waals surface area contributed by atoms with E-state index >= 15 is 0 Å². The second-order valence-electron chi connectivity index (χ2n) is 4.15. The monoisotopic (exact) mass is 208 g/mol. The average Bonchev–Trinajstić information content (AvgIpc) is 2.25. The Morgan fingerprint density at radius 1 is 1.40 bits per heavy atom. The van der Waals surface area contributed by atoms with Gasteiger partial charge in [-0.3, -0.25) is 4.90 Å². The zero-order chi connectivity index (χ0) is 10.7. The van der Waals surface area contributed by atoms with Crippen LogP contribution in [0, 0.1) is 5.82 Å². The lowest BCUT2D eigenvalue weighted by molar-refractivity contribution is 0.165. The summed E-state index contributed by atoms with van der Waals surface area (Å²) in [6, 6.07) is 7.35. The highest BCUT2D eigenvalue weighted by Gasteiger charge is 2.17. The molecule has 2 nitrogen and oxygen atoms in total. The van der Waals surface area contributed by atoms with E-state index in [1.165, 1.54) is 17.7 Å². The third-order valence-corrected chi connectivity index (χ3v) is 2.94. The molecule has 1 saturated heterocycles. The van der Waals surface area contributed by atoms with E-state index in [0.29, 0.717) is 6.04 Å². The molecule has 1 heterocycles. The largest absolute Gasteiger partial charge is 0.314 e. The van der Waals surface area contributed by atoms with Crippen LogP contribution < -0.4 is 5.32 Å². The summed E-state index contributed by atoms with van der Waals surface area (Å²) in [7, 11) is 0. The van der Waals surface area contributed by atoms with Gasteiger partial charge in [-0.15, -0.1) is 0 Å². The third-order valence-electron chi connectivity index (χ3n) is 2.94. The highest BCUT2D eigenvalue weighted by atomic mass is 19.1. The Labute approximate surface area is 90.1 Å². The Morgan fingerprint density at radius 2 is 2.13 bits per heavy atom. The topological polar surface area (TPSA) is 15.3 Å². The summed E-state index contributed by atoms with van der Waals surface area (Å²) in [6.07, 6.45) is 0. The van der Waals surface area contributed by atoms with E-state index in [0.717, 1.165) is 26.2 Å². The van der Waals surface area contributed by atoms with Crippen molar-refractivity contribution in [3.8, 4) is 0 Å². The maximum Gasteiger partial charge on any atom is 0.123 e. The van der Waals surface area contributed by atoms with Crippen LogP contribution in [0.5, 0.6) is 0 Å². The minimum atomic E-state index is -0.160. The van der Waals surface area contributed by atoms with Gasteiger partial charge in [0, 0.05) is 32.2 Å². The molecule has 1 aliphatic rings. The van der Waals surface area contributed by atoms with Crippen LogP contribution in [-0.4, -0.2) is 30.6 Å². The fourth-order valence-corrected chi connectivity index (χ4v) is 1.94. The maximum atomic E-state index is 12.7. The van der Waals surface area contributed by atoms with E-state index in [9.17, 15) is 4.39 Å². The molecule has 0 spiro atoms. The zero-order valence-corrected chi connectivity index (χ0v) is 9.04. The molecule has 0 amide bonds. The van der Waals surface area contributed by atoms with E-state index in [2.05, 4.69) is 17.1 Å². The Morgan fingerprint density at radius 3 is 2.80 bits per heavy atom. The van der Waals surface area contributed by atoms with Gasteiger partial charge >= 0.3 is 0 Å². The third kappa shape index (κ3) is 2.76. The van der Waals surface area contributed by atoms with Crippen LogP contribution in [0.4, 0.5) is 4.39 Å². The lowest BCUT2D eigenvalue weighted by Gasteiger charge is -2.33. The SMILES string of the molecule is C[C@@H]1CNCCN1Cc1ccc(F)cc1. The highest BCUT2D eigenvalue weighted by molar-refractivity contribution is 5.16. The molecule has 1 aromatic rings. The van der Waals surface area contributed by atoms with E-state index in [-0.39, 0.29) is 5.82 Å². The summed E-state index contributed by atoms with van der Waals surface area (Å²) in [4.78, 5) is 2.42. The van der Waals surface area contributed by atoms with Crippen LogP contribution in [0.25, 0.3) is 0 Å².